The van der Waals surface area contributed by atoms with Crippen LogP contribution in [0.5, 0.6) is 5.75 Å². The lowest BCUT2D eigenvalue weighted by Gasteiger charge is -2.23. The first-order valence-electron chi connectivity index (χ1n) is 8.30. The third kappa shape index (κ3) is 4.32. The summed E-state index contributed by atoms with van der Waals surface area (Å²) in [6.45, 7) is 4.16. The van der Waals surface area contributed by atoms with Crippen LogP contribution >= 0.6 is 11.8 Å². The third-order valence-electron chi connectivity index (χ3n) is 3.89. The second kappa shape index (κ2) is 8.18. The molecule has 7 nitrogen and oxygen atoms in total. The highest BCUT2D eigenvalue weighted by Crippen LogP contribution is 2.24. The lowest BCUT2D eigenvalue weighted by atomic mass is 9.96. The first kappa shape index (κ1) is 18.2. The molecule has 0 saturated heterocycles. The number of fused-ring (bicyclic) bond motifs is 1. The maximum Gasteiger partial charge on any atom is 0.253 e. The Hall–Kier alpha value is -2.61. The highest BCUT2D eigenvalue weighted by Gasteiger charge is 2.19. The number of benzene rings is 1. The van der Waals surface area contributed by atoms with Crippen LogP contribution in [-0.2, 0) is 4.79 Å². The molecule has 1 N–H and O–H groups in total. The van der Waals surface area contributed by atoms with Gasteiger partial charge in [-0.3, -0.25) is 4.79 Å². The summed E-state index contributed by atoms with van der Waals surface area (Å²) in [5.74, 6) is 1.76. The van der Waals surface area contributed by atoms with Gasteiger partial charge in [0.1, 0.15) is 5.75 Å². The molecule has 2 aromatic heterocycles. The van der Waals surface area contributed by atoms with Crippen molar-refractivity contribution in [1.29, 1.82) is 0 Å². The molecule has 0 saturated carbocycles. The number of carbonyl (C=O) groups excluding carboxylic acids is 1. The van der Waals surface area contributed by atoms with Gasteiger partial charge in [-0.1, -0.05) is 37.7 Å². The molecule has 26 heavy (non-hydrogen) atoms. The molecular weight excluding hydrogens is 350 g/mol. The van der Waals surface area contributed by atoms with Crippen LogP contribution < -0.4 is 10.1 Å². The lowest BCUT2D eigenvalue weighted by molar-refractivity contribution is -0.119. The van der Waals surface area contributed by atoms with E-state index in [4.69, 9.17) is 4.74 Å². The molecule has 3 aromatic rings. The molecule has 0 spiro atoms. The maximum absolute atomic E-state index is 12.4. The summed E-state index contributed by atoms with van der Waals surface area (Å²) in [5, 5.41) is 7.92. The zero-order valence-corrected chi connectivity index (χ0v) is 15.7. The van der Waals surface area contributed by atoms with Crippen molar-refractivity contribution < 1.29 is 9.53 Å². The van der Waals surface area contributed by atoms with E-state index in [-0.39, 0.29) is 23.6 Å². The zero-order chi connectivity index (χ0) is 18.5. The lowest BCUT2D eigenvalue weighted by Crippen LogP contribution is -2.33. The Morgan fingerprint density at radius 1 is 1.31 bits per heavy atom. The first-order valence-corrected chi connectivity index (χ1v) is 9.29. The fourth-order valence-electron chi connectivity index (χ4n) is 2.57. The van der Waals surface area contributed by atoms with Crippen molar-refractivity contribution in [3.63, 3.8) is 0 Å². The van der Waals surface area contributed by atoms with E-state index in [9.17, 15) is 4.79 Å². The largest absolute Gasteiger partial charge is 0.497 e. The Balaban J connectivity index is 1.62. The molecule has 1 unspecified atom stereocenters. The Morgan fingerprint density at radius 2 is 2.08 bits per heavy atom. The highest BCUT2D eigenvalue weighted by molar-refractivity contribution is 7.99. The summed E-state index contributed by atoms with van der Waals surface area (Å²) in [6.07, 6.45) is 3.44. The minimum Gasteiger partial charge on any atom is -0.497 e. The molecule has 8 heteroatoms. The minimum atomic E-state index is -0.0651. The van der Waals surface area contributed by atoms with Gasteiger partial charge in [-0.25, -0.2) is 9.50 Å². The van der Waals surface area contributed by atoms with Crippen molar-refractivity contribution in [1.82, 2.24) is 24.9 Å². The molecule has 0 aliphatic rings. The van der Waals surface area contributed by atoms with Crippen LogP contribution in [0.3, 0.4) is 0 Å². The number of ether oxygens (including phenoxy) is 1. The standard InChI is InChI=1S/C18H21N5O2S/c1-12(2)16(13-5-7-14(25-3)8-6-13)20-15(24)11-26-18-21-17-19-9-4-10-23(17)22-18/h4-10,12,16H,11H2,1-3H3,(H,20,24). The van der Waals surface area contributed by atoms with Crippen molar-refractivity contribution in [2.75, 3.05) is 12.9 Å². The van der Waals surface area contributed by atoms with Crippen molar-refractivity contribution >= 4 is 23.4 Å². The van der Waals surface area contributed by atoms with Gasteiger partial charge in [0.25, 0.3) is 5.78 Å². The molecule has 3 rings (SSSR count). The topological polar surface area (TPSA) is 81.4 Å². The van der Waals surface area contributed by atoms with E-state index < -0.39 is 0 Å². The van der Waals surface area contributed by atoms with Crippen LogP contribution in [-0.4, -0.2) is 38.4 Å². The Kier molecular flexibility index (Phi) is 5.72. The molecule has 2 heterocycles. The van der Waals surface area contributed by atoms with E-state index in [0.717, 1.165) is 11.3 Å². The quantitative estimate of drug-likeness (QED) is 0.643. The smallest absolute Gasteiger partial charge is 0.253 e. The predicted octanol–water partition coefficient (Wildman–Crippen LogP) is 2.74. The van der Waals surface area contributed by atoms with Gasteiger partial charge in [-0.15, -0.1) is 5.10 Å². The average Bonchev–Trinajstić information content (AvgIpc) is 3.07. The Labute approximate surface area is 156 Å². The van der Waals surface area contributed by atoms with Crippen LogP contribution in [0, 0.1) is 5.92 Å². The molecule has 0 aliphatic carbocycles. The van der Waals surface area contributed by atoms with E-state index in [0.29, 0.717) is 10.9 Å². The molecule has 0 fully saturated rings. The minimum absolute atomic E-state index is 0.0590. The van der Waals surface area contributed by atoms with Crippen LogP contribution in [0.1, 0.15) is 25.5 Å². The van der Waals surface area contributed by atoms with Gasteiger partial charge in [-0.05, 0) is 29.7 Å². The van der Waals surface area contributed by atoms with E-state index in [1.807, 2.05) is 24.3 Å². The van der Waals surface area contributed by atoms with Crippen molar-refractivity contribution in [2.45, 2.75) is 25.0 Å². The number of nitrogens with zero attached hydrogens (tertiary/aromatic N) is 4. The Bertz CT molecular complexity index is 846. The summed E-state index contributed by atoms with van der Waals surface area (Å²) in [7, 11) is 1.64. The number of nitrogens with one attached hydrogen (secondary N) is 1. The second-order valence-electron chi connectivity index (χ2n) is 6.11. The number of aromatic nitrogens is 4. The molecule has 0 aliphatic heterocycles. The summed E-state index contributed by atoms with van der Waals surface area (Å²) in [6, 6.07) is 9.48. The number of methoxy groups -OCH3 is 1. The van der Waals surface area contributed by atoms with Gasteiger partial charge in [0.05, 0.1) is 18.9 Å². The van der Waals surface area contributed by atoms with E-state index in [1.54, 1.807) is 30.1 Å². The molecule has 1 amide bonds. The summed E-state index contributed by atoms with van der Waals surface area (Å²) in [5.41, 5.74) is 1.05. The van der Waals surface area contributed by atoms with Crippen molar-refractivity contribution in [3.8, 4) is 5.75 Å². The average molecular weight is 371 g/mol. The summed E-state index contributed by atoms with van der Waals surface area (Å²) < 4.78 is 6.78. The SMILES string of the molecule is COc1ccc(C(NC(=O)CSc2nc3ncccn3n2)C(C)C)cc1. The number of hydrogen-bond donors (Lipinski definition) is 1. The monoisotopic (exact) mass is 371 g/mol. The molecular formula is C18H21N5O2S. The summed E-state index contributed by atoms with van der Waals surface area (Å²) in [4.78, 5) is 20.8. The van der Waals surface area contributed by atoms with Gasteiger partial charge < -0.3 is 10.1 Å². The van der Waals surface area contributed by atoms with Crippen LogP contribution in [0.15, 0.2) is 47.9 Å². The Morgan fingerprint density at radius 3 is 2.73 bits per heavy atom. The highest BCUT2D eigenvalue weighted by atomic mass is 32.2. The molecule has 0 bridgehead atoms. The van der Waals surface area contributed by atoms with Gasteiger partial charge >= 0.3 is 0 Å². The fourth-order valence-corrected chi connectivity index (χ4v) is 3.20. The number of amides is 1. The van der Waals surface area contributed by atoms with Crippen LogP contribution in [0.25, 0.3) is 5.78 Å². The van der Waals surface area contributed by atoms with Crippen LogP contribution in [0.4, 0.5) is 0 Å². The van der Waals surface area contributed by atoms with Gasteiger partial charge in [0.2, 0.25) is 11.1 Å². The molecule has 0 radical (unpaired) electrons. The third-order valence-corrected chi connectivity index (χ3v) is 4.73. The summed E-state index contributed by atoms with van der Waals surface area (Å²) >= 11 is 1.29. The van der Waals surface area contributed by atoms with Gasteiger partial charge in [-0.2, -0.15) is 4.98 Å². The number of hydrogen-bond acceptors (Lipinski definition) is 6. The first-order chi connectivity index (χ1) is 12.6. The van der Waals surface area contributed by atoms with Crippen molar-refractivity contribution in [2.24, 2.45) is 5.92 Å². The second-order valence-corrected chi connectivity index (χ2v) is 7.05. The maximum atomic E-state index is 12.4. The van der Waals surface area contributed by atoms with Crippen molar-refractivity contribution in [3.05, 3.63) is 48.3 Å². The van der Waals surface area contributed by atoms with E-state index in [2.05, 4.69) is 34.2 Å². The van der Waals surface area contributed by atoms with Crippen LogP contribution in [0.2, 0.25) is 0 Å². The normalized spacial score (nSPS) is 12.3. The molecule has 1 aromatic carbocycles. The van der Waals surface area contributed by atoms with E-state index >= 15 is 0 Å². The number of thioether (sulfide) groups is 1. The fraction of sp³-hybridized carbons (Fsp3) is 0.333. The number of rotatable bonds is 7. The van der Waals surface area contributed by atoms with Gasteiger partial charge in [0, 0.05) is 12.4 Å². The van der Waals surface area contributed by atoms with E-state index in [1.165, 1.54) is 11.8 Å². The molecule has 1 atom stereocenters. The zero-order valence-electron chi connectivity index (χ0n) is 14.9. The van der Waals surface area contributed by atoms with Gasteiger partial charge in [0.15, 0.2) is 0 Å². The molecule has 136 valence electrons. The predicted molar refractivity (Wildman–Crippen MR) is 100 cm³/mol. The number of carbonyl (C=O) groups is 1.